The quantitative estimate of drug-likeness (QED) is 0.0632. The fourth-order valence-corrected chi connectivity index (χ4v) is 3.78. The molecule has 34 heavy (non-hydrogen) atoms. The van der Waals surface area contributed by atoms with Crippen LogP contribution in [0.25, 0.3) is 0 Å². The number of ether oxygens (including phenoxy) is 4. The topological polar surface area (TPSA) is 105 Å². The zero-order valence-corrected chi connectivity index (χ0v) is 20.8. The summed E-state index contributed by atoms with van der Waals surface area (Å²) in [7, 11) is 0. The minimum Gasteiger partial charge on any atom is -0.468 e. The molecule has 0 amide bonds. The highest BCUT2D eigenvalue weighted by Gasteiger charge is 2.15. The van der Waals surface area contributed by atoms with E-state index in [4.69, 9.17) is 9.47 Å². The van der Waals surface area contributed by atoms with Crippen LogP contribution in [0.4, 0.5) is 0 Å². The van der Waals surface area contributed by atoms with Crippen molar-refractivity contribution in [3.63, 3.8) is 0 Å². The first kappa shape index (κ1) is 31.9. The number of rotatable bonds is 28. The smallest absolute Gasteiger partial charge is 0.417 e. The minimum absolute atomic E-state index is 0.118. The molecular weight excluding hydrogens is 440 g/mol. The molecule has 0 bridgehead atoms. The fraction of sp³-hybridized carbons (Fsp3) is 0.846. The lowest BCUT2D eigenvalue weighted by molar-refractivity contribution is -0.155. The van der Waals surface area contributed by atoms with Crippen LogP contribution >= 0.6 is 0 Å². The van der Waals surface area contributed by atoms with Crippen molar-refractivity contribution in [2.24, 2.45) is 0 Å². The highest BCUT2D eigenvalue weighted by atomic mass is 16.6. The van der Waals surface area contributed by atoms with Crippen molar-refractivity contribution in [2.45, 2.75) is 122 Å². The first-order valence-corrected chi connectivity index (χ1v) is 13.0. The van der Waals surface area contributed by atoms with Crippen molar-refractivity contribution >= 4 is 25.4 Å². The molecule has 0 rings (SSSR count). The van der Waals surface area contributed by atoms with Gasteiger partial charge in [0.15, 0.2) is 0 Å². The molecule has 1 unspecified atom stereocenters. The molecule has 1 radical (unpaired) electrons. The van der Waals surface area contributed by atoms with Crippen LogP contribution in [0, 0.1) is 0 Å². The van der Waals surface area contributed by atoms with E-state index in [0.717, 1.165) is 103 Å². The lowest BCUT2D eigenvalue weighted by atomic mass is 10.1. The predicted molar refractivity (Wildman–Crippen MR) is 129 cm³/mol. The van der Waals surface area contributed by atoms with Gasteiger partial charge in [0.05, 0.1) is 13.2 Å². The first-order valence-electron chi connectivity index (χ1n) is 13.0. The molecule has 0 aliphatic heterocycles. The summed E-state index contributed by atoms with van der Waals surface area (Å²) in [5.74, 6) is -0.217. The predicted octanol–water partition coefficient (Wildman–Crippen LogP) is 5.35. The monoisotopic (exact) mass is 485 g/mol. The van der Waals surface area contributed by atoms with Gasteiger partial charge in [-0.15, -0.1) is 0 Å². The van der Waals surface area contributed by atoms with Gasteiger partial charge in [-0.3, -0.25) is 14.4 Å². The van der Waals surface area contributed by atoms with Crippen molar-refractivity contribution < 1.29 is 38.1 Å². The normalized spacial score (nSPS) is 11.4. The summed E-state index contributed by atoms with van der Waals surface area (Å²) >= 11 is 0. The van der Waals surface area contributed by atoms with Crippen LogP contribution in [-0.2, 0) is 38.1 Å². The zero-order chi connectivity index (χ0) is 25.0. The molecule has 0 heterocycles. The van der Waals surface area contributed by atoms with Crippen LogP contribution in [0.1, 0.15) is 116 Å². The Hall–Kier alpha value is -2.12. The molecule has 0 fully saturated rings. The van der Waals surface area contributed by atoms with Crippen molar-refractivity contribution in [3.8, 4) is 0 Å². The Morgan fingerprint density at radius 2 is 1.15 bits per heavy atom. The van der Waals surface area contributed by atoms with Crippen LogP contribution < -0.4 is 0 Å². The van der Waals surface area contributed by atoms with Gasteiger partial charge in [-0.1, -0.05) is 77.0 Å². The first-order chi connectivity index (χ1) is 16.7. The minimum atomic E-state index is -0.365. The molecule has 0 aromatic heterocycles. The Balaban J connectivity index is 3.69. The third-order valence-electron chi connectivity index (χ3n) is 5.69. The van der Waals surface area contributed by atoms with E-state index in [1.807, 2.05) is 0 Å². The van der Waals surface area contributed by atoms with E-state index in [-0.39, 0.29) is 18.7 Å². The number of esters is 1. The summed E-state index contributed by atoms with van der Waals surface area (Å²) < 4.78 is 19.6. The molecule has 0 saturated heterocycles. The summed E-state index contributed by atoms with van der Waals surface area (Å²) in [6.45, 7) is 3.40. The molecule has 0 aliphatic rings. The maximum Gasteiger partial charge on any atom is 0.417 e. The Morgan fingerprint density at radius 1 is 0.647 bits per heavy atom. The van der Waals surface area contributed by atoms with Gasteiger partial charge in [0.1, 0.15) is 12.7 Å². The van der Waals surface area contributed by atoms with E-state index >= 15 is 0 Å². The third-order valence-corrected chi connectivity index (χ3v) is 5.69. The molecule has 0 N–H and O–H groups in total. The summed E-state index contributed by atoms with van der Waals surface area (Å²) in [5, 5.41) is 0. The number of hydrogen-bond donors (Lipinski definition) is 0. The molecule has 0 saturated carbocycles. The van der Waals surface area contributed by atoms with Gasteiger partial charge >= 0.3 is 12.4 Å². The Kier molecular flexibility index (Phi) is 25.4. The fourth-order valence-electron chi connectivity index (χ4n) is 3.78. The van der Waals surface area contributed by atoms with Crippen LogP contribution in [0.5, 0.6) is 0 Å². The van der Waals surface area contributed by atoms with E-state index in [2.05, 4.69) is 9.47 Å². The third kappa shape index (κ3) is 24.5. The standard InChI is InChI=1S/C26H45O8/c27-22-31-19-15-11-7-3-1-5-9-13-17-25(21-33-24-29)34-26(30)18-14-10-6-2-4-8-12-16-20-32-23-28/h23-25H,1-21H2. The van der Waals surface area contributed by atoms with Crippen LogP contribution in [0.3, 0.4) is 0 Å². The van der Waals surface area contributed by atoms with E-state index in [1.165, 1.54) is 6.47 Å². The molecule has 1 atom stereocenters. The van der Waals surface area contributed by atoms with Gasteiger partial charge < -0.3 is 18.9 Å². The maximum absolute atomic E-state index is 12.1. The molecule has 8 nitrogen and oxygen atoms in total. The van der Waals surface area contributed by atoms with Crippen molar-refractivity contribution in [1.82, 2.24) is 0 Å². The molecule has 0 aliphatic carbocycles. The van der Waals surface area contributed by atoms with Gasteiger partial charge in [0, 0.05) is 6.42 Å². The lowest BCUT2D eigenvalue weighted by Crippen LogP contribution is -2.23. The Labute approximate surface area is 205 Å². The summed E-state index contributed by atoms with van der Waals surface area (Å²) in [5.41, 5.74) is 0. The van der Waals surface area contributed by atoms with Crippen LogP contribution in [0.15, 0.2) is 0 Å². The number of carbonyl (C=O) groups is 3. The number of carbonyl (C=O) groups excluding carboxylic acids is 4. The van der Waals surface area contributed by atoms with Gasteiger partial charge in [-0.25, -0.2) is 4.79 Å². The molecule has 197 valence electrons. The average molecular weight is 486 g/mol. The molecular formula is C26H45O8. The van der Waals surface area contributed by atoms with E-state index < -0.39 is 0 Å². The second-order valence-electron chi connectivity index (χ2n) is 8.64. The van der Waals surface area contributed by atoms with Gasteiger partial charge in [-0.05, 0) is 32.1 Å². The van der Waals surface area contributed by atoms with Gasteiger partial charge in [0.2, 0.25) is 0 Å². The van der Waals surface area contributed by atoms with Crippen molar-refractivity contribution in [3.05, 3.63) is 0 Å². The van der Waals surface area contributed by atoms with Crippen molar-refractivity contribution in [2.75, 3.05) is 19.8 Å². The summed E-state index contributed by atoms with van der Waals surface area (Å²) in [4.78, 5) is 42.6. The maximum atomic E-state index is 12.1. The van der Waals surface area contributed by atoms with Gasteiger partial charge in [-0.2, -0.15) is 0 Å². The highest BCUT2D eigenvalue weighted by molar-refractivity contribution is 5.69. The largest absolute Gasteiger partial charge is 0.468 e. The highest BCUT2D eigenvalue weighted by Crippen LogP contribution is 2.14. The van der Waals surface area contributed by atoms with Crippen molar-refractivity contribution in [1.29, 1.82) is 0 Å². The molecule has 8 heteroatoms. The second kappa shape index (κ2) is 27.1. The van der Waals surface area contributed by atoms with E-state index in [9.17, 15) is 19.2 Å². The van der Waals surface area contributed by atoms with Crippen LogP contribution in [-0.4, -0.2) is 51.3 Å². The Morgan fingerprint density at radius 3 is 1.71 bits per heavy atom. The van der Waals surface area contributed by atoms with E-state index in [1.54, 1.807) is 0 Å². The van der Waals surface area contributed by atoms with E-state index in [0.29, 0.717) is 39.0 Å². The Bertz CT molecular complexity index is 483. The molecule has 0 aromatic rings. The average Bonchev–Trinajstić information content (AvgIpc) is 2.84. The molecule has 0 aromatic carbocycles. The van der Waals surface area contributed by atoms with Crippen LogP contribution in [0.2, 0.25) is 0 Å². The van der Waals surface area contributed by atoms with Gasteiger partial charge in [0.25, 0.3) is 12.9 Å². The zero-order valence-electron chi connectivity index (χ0n) is 20.8. The SMILES string of the molecule is O=[C]OCCCCCCCCCCC(COC=O)OC(=O)CCCCCCCCCCOC=O. The second-order valence-corrected chi connectivity index (χ2v) is 8.64. The summed E-state index contributed by atoms with van der Waals surface area (Å²) in [6, 6.07) is 0. The number of unbranched alkanes of at least 4 members (excludes halogenated alkanes) is 14. The summed E-state index contributed by atoms with van der Waals surface area (Å²) in [6.07, 6.45) is 17.6. The lowest BCUT2D eigenvalue weighted by Gasteiger charge is -2.17. The number of hydrogen-bond acceptors (Lipinski definition) is 8. The molecule has 0 spiro atoms.